The van der Waals surface area contributed by atoms with E-state index in [1.54, 1.807) is 30.3 Å². The summed E-state index contributed by atoms with van der Waals surface area (Å²) in [5.41, 5.74) is 14.9. The Kier molecular flexibility index (Phi) is 7.91. The first-order chi connectivity index (χ1) is 24.8. The predicted molar refractivity (Wildman–Crippen MR) is 210 cm³/mol. The zero-order valence-corrected chi connectivity index (χ0v) is 31.0. The van der Waals surface area contributed by atoms with Crippen molar-refractivity contribution in [1.29, 1.82) is 0 Å². The highest BCUT2D eigenvalue weighted by molar-refractivity contribution is 7.91. The summed E-state index contributed by atoms with van der Waals surface area (Å²) in [6, 6.07) is 21.1. The van der Waals surface area contributed by atoms with Crippen molar-refractivity contribution in [2.75, 3.05) is 0 Å². The first-order valence-electron chi connectivity index (χ1n) is 17.2. The van der Waals surface area contributed by atoms with Crippen molar-refractivity contribution in [2.45, 2.75) is 58.3 Å². The predicted octanol–water partition coefficient (Wildman–Crippen LogP) is 9.77. The molecule has 9 heteroatoms. The molecule has 0 spiro atoms. The average molecular weight is 703 g/mol. The molecule has 6 aromatic rings. The normalized spacial score (nSPS) is 12.5. The van der Waals surface area contributed by atoms with Gasteiger partial charge >= 0.3 is 0 Å². The molecule has 2 N–H and O–H groups in total. The highest BCUT2D eigenvalue weighted by Gasteiger charge is 2.25. The molecule has 0 aliphatic carbocycles. The maximum Gasteiger partial charge on any atom is 0.210 e. The van der Waals surface area contributed by atoms with E-state index in [9.17, 15) is 8.42 Å². The van der Waals surface area contributed by atoms with Crippen LogP contribution < -0.4 is 0 Å². The topological polar surface area (TPSA) is 117 Å². The van der Waals surface area contributed by atoms with E-state index < -0.39 is 9.84 Å². The third-order valence-corrected chi connectivity index (χ3v) is 11.5. The number of aromatic amines is 2. The molecule has 0 atom stereocenters. The summed E-state index contributed by atoms with van der Waals surface area (Å²) in [7, 11) is -4.01. The van der Waals surface area contributed by atoms with Crippen LogP contribution in [0.1, 0.15) is 62.0 Å². The maximum absolute atomic E-state index is 14.5. The van der Waals surface area contributed by atoms with Crippen LogP contribution in [0.4, 0.5) is 0 Å². The zero-order valence-electron chi connectivity index (χ0n) is 30.2. The minimum Gasteiger partial charge on any atom is -0.340 e. The molecule has 2 aliphatic rings. The molecule has 3 aromatic heterocycles. The van der Waals surface area contributed by atoms with Crippen molar-refractivity contribution >= 4 is 56.5 Å². The maximum atomic E-state index is 14.5. The van der Waals surface area contributed by atoms with Crippen molar-refractivity contribution in [3.8, 4) is 22.3 Å². The van der Waals surface area contributed by atoms with Crippen LogP contribution in [-0.2, 0) is 9.84 Å². The summed E-state index contributed by atoms with van der Waals surface area (Å²) >= 11 is 0. The summed E-state index contributed by atoms with van der Waals surface area (Å²) in [5, 5.41) is 0. The molecule has 0 unspecified atom stereocenters. The van der Waals surface area contributed by atoms with E-state index in [4.69, 9.17) is 19.9 Å². The van der Waals surface area contributed by atoms with Crippen LogP contribution in [0.5, 0.6) is 0 Å². The standard InChI is InChI=1S/C43H38N6O2S/c1-23-8-10-30(11-9-23)52(50,51)35-22-34-42(40-28(6)20-25(3)21-29(40)7)33-13-16-37(45-33)48-36-15-12-31(44-36)41(39-26(4)18-24(2)19-27(39)5)32-14-17-38(46-32)49-43(35)47-34/h8-22H,1-7H3,(H,44,45,48)(H,46,47,49). The van der Waals surface area contributed by atoms with Gasteiger partial charge in [0.05, 0.1) is 21.8 Å². The monoisotopic (exact) mass is 702 g/mol. The lowest BCUT2D eigenvalue weighted by Crippen LogP contribution is -2.02. The Morgan fingerprint density at radius 2 is 1.02 bits per heavy atom. The molecule has 8 nitrogen and oxygen atoms in total. The molecule has 8 bridgehead atoms. The number of aryl methyl sites for hydroxylation is 7. The molecule has 52 heavy (non-hydrogen) atoms. The summed E-state index contributed by atoms with van der Waals surface area (Å²) in [4.78, 5) is 27.0. The van der Waals surface area contributed by atoms with E-state index in [0.717, 1.165) is 66.8 Å². The fourth-order valence-corrected chi connectivity index (χ4v) is 8.95. The summed E-state index contributed by atoms with van der Waals surface area (Å²) < 4.78 is 28.9. The highest BCUT2D eigenvalue weighted by Crippen LogP contribution is 2.38. The van der Waals surface area contributed by atoms with Gasteiger partial charge in [-0.3, -0.25) is 0 Å². The van der Waals surface area contributed by atoms with Gasteiger partial charge in [0.1, 0.15) is 10.5 Å². The number of benzene rings is 3. The largest absolute Gasteiger partial charge is 0.340 e. The van der Waals surface area contributed by atoms with Crippen molar-refractivity contribution in [3.63, 3.8) is 0 Å². The lowest BCUT2D eigenvalue weighted by molar-refractivity contribution is 0.597. The molecule has 0 radical (unpaired) electrons. The second-order valence-electron chi connectivity index (χ2n) is 13.9. The highest BCUT2D eigenvalue weighted by atomic mass is 32.2. The second-order valence-corrected chi connectivity index (χ2v) is 15.8. The summed E-state index contributed by atoms with van der Waals surface area (Å²) in [6.45, 7) is 14.4. The molecule has 5 heterocycles. The lowest BCUT2D eigenvalue weighted by atomic mass is 9.92. The summed E-state index contributed by atoms with van der Waals surface area (Å²) in [6.07, 6.45) is 7.62. The number of hydrogen-bond donors (Lipinski definition) is 2. The Morgan fingerprint density at radius 3 is 1.60 bits per heavy atom. The Morgan fingerprint density at radius 1 is 0.481 bits per heavy atom. The minimum atomic E-state index is -4.01. The molecule has 8 rings (SSSR count). The van der Waals surface area contributed by atoms with Crippen LogP contribution in [-0.4, -0.2) is 38.3 Å². The Hall–Kier alpha value is -5.93. The van der Waals surface area contributed by atoms with Crippen molar-refractivity contribution in [3.05, 3.63) is 129 Å². The Bertz CT molecular complexity index is 2780. The van der Waals surface area contributed by atoms with E-state index in [2.05, 4.69) is 75.8 Å². The Balaban J connectivity index is 1.54. The van der Waals surface area contributed by atoms with Gasteiger partial charge in [0.15, 0.2) is 17.3 Å². The molecule has 3 aromatic carbocycles. The zero-order chi connectivity index (χ0) is 36.5. The number of sulfone groups is 1. The van der Waals surface area contributed by atoms with Gasteiger partial charge in [-0.2, -0.15) is 0 Å². The number of nitrogens with one attached hydrogen (secondary N) is 2. The number of rotatable bonds is 4. The fourth-order valence-electron chi connectivity index (χ4n) is 7.58. The summed E-state index contributed by atoms with van der Waals surface area (Å²) in [5.74, 6) is 0.934. The number of fused-ring (bicyclic) bond motifs is 8. The third-order valence-electron chi connectivity index (χ3n) is 9.67. The Labute approximate surface area is 303 Å². The minimum absolute atomic E-state index is 0.0629. The van der Waals surface area contributed by atoms with E-state index in [1.807, 2.05) is 43.4 Å². The molecule has 0 saturated heterocycles. The van der Waals surface area contributed by atoms with E-state index >= 15 is 0 Å². The molecular weight excluding hydrogens is 665 g/mol. The molecule has 258 valence electrons. The van der Waals surface area contributed by atoms with Crippen molar-refractivity contribution < 1.29 is 8.42 Å². The number of hydrogen-bond acceptors (Lipinski definition) is 6. The quantitative estimate of drug-likeness (QED) is 0.189. The van der Waals surface area contributed by atoms with Gasteiger partial charge in [-0.1, -0.05) is 53.1 Å². The molecule has 2 aliphatic heterocycles. The first kappa shape index (κ1) is 33.2. The SMILES string of the molecule is Cc1ccc(S(=O)(=O)c2cc3[nH]c2nc2nc(c(-c4c(C)cc(C)cc4C)c4nc(nc5ccc([nH]5)c3-c3c(C)cc(C)cc3C)C=C4)C=C2)cc1. The van der Waals surface area contributed by atoms with E-state index in [0.29, 0.717) is 28.5 Å². The molecule has 0 saturated carbocycles. The van der Waals surface area contributed by atoms with Gasteiger partial charge in [0.2, 0.25) is 9.84 Å². The van der Waals surface area contributed by atoms with Gasteiger partial charge < -0.3 is 9.97 Å². The first-order valence-corrected chi connectivity index (χ1v) is 18.7. The van der Waals surface area contributed by atoms with Crippen molar-refractivity contribution in [2.24, 2.45) is 0 Å². The van der Waals surface area contributed by atoms with E-state index in [1.165, 1.54) is 5.56 Å². The molecular formula is C43H38N6O2S. The fraction of sp³-hybridized carbons (Fsp3) is 0.163. The second kappa shape index (κ2) is 12.4. The van der Waals surface area contributed by atoms with Crippen LogP contribution in [0.2, 0.25) is 0 Å². The smallest absolute Gasteiger partial charge is 0.210 e. The van der Waals surface area contributed by atoms with Crippen LogP contribution in [0.3, 0.4) is 0 Å². The van der Waals surface area contributed by atoms with Crippen LogP contribution in [0.25, 0.3) is 68.9 Å². The van der Waals surface area contributed by atoms with Gasteiger partial charge in [0, 0.05) is 16.6 Å². The van der Waals surface area contributed by atoms with Crippen LogP contribution in [0.15, 0.2) is 76.5 Å². The third kappa shape index (κ3) is 5.77. The van der Waals surface area contributed by atoms with E-state index in [-0.39, 0.29) is 15.4 Å². The lowest BCUT2D eigenvalue weighted by Gasteiger charge is -2.13. The van der Waals surface area contributed by atoms with Gasteiger partial charge in [-0.15, -0.1) is 0 Å². The number of aromatic nitrogens is 6. The average Bonchev–Trinajstić information content (AvgIpc) is 3.89. The van der Waals surface area contributed by atoms with Crippen molar-refractivity contribution in [1.82, 2.24) is 29.9 Å². The van der Waals surface area contributed by atoms with Gasteiger partial charge in [0.25, 0.3) is 0 Å². The number of nitrogens with zero attached hydrogens (tertiary/aromatic N) is 4. The van der Waals surface area contributed by atoms with Crippen LogP contribution in [0, 0.1) is 48.5 Å². The van der Waals surface area contributed by atoms with Gasteiger partial charge in [-0.25, -0.2) is 28.4 Å². The van der Waals surface area contributed by atoms with Gasteiger partial charge in [-0.05, 0) is 136 Å². The molecule has 0 fully saturated rings. The number of H-pyrrole nitrogens is 2. The molecule has 0 amide bonds. The van der Waals surface area contributed by atoms with Crippen LogP contribution >= 0.6 is 0 Å².